The Morgan fingerprint density at radius 3 is 1.26 bits per heavy atom. The first-order chi connectivity index (χ1) is 39.1. The van der Waals surface area contributed by atoms with Crippen molar-refractivity contribution in [3.8, 4) is 0 Å². The number of ether oxygens (including phenoxy) is 4. The molecule has 12 atom stereocenters. The topological polar surface area (TPSA) is 228 Å². The second-order valence-electron chi connectivity index (χ2n) is 23.6. The van der Waals surface area contributed by atoms with E-state index in [1.807, 2.05) is 0 Å². The van der Waals surface area contributed by atoms with Gasteiger partial charge in [-0.2, -0.15) is 0 Å². The quantitative estimate of drug-likeness (QED) is 0.0204. The fraction of sp³-hybridized carbons (Fsp3) is 0.894. The van der Waals surface area contributed by atoms with Crippen LogP contribution in [-0.2, 0) is 23.7 Å². The van der Waals surface area contributed by atoms with Crippen LogP contribution in [0.15, 0.2) is 36.5 Å². The molecule has 2 aliphatic rings. The molecule has 0 spiro atoms. The lowest BCUT2D eigenvalue weighted by Crippen LogP contribution is -2.65. The van der Waals surface area contributed by atoms with Gasteiger partial charge in [-0.1, -0.05) is 262 Å². The third-order valence-electron chi connectivity index (χ3n) is 16.4. The molecular weight excluding hydrogens is 1010 g/mol. The molecule has 0 aromatic heterocycles. The molecule has 470 valence electrons. The Kier molecular flexibility index (Phi) is 47.9. The van der Waals surface area contributed by atoms with E-state index in [0.29, 0.717) is 12.8 Å². The minimum atomic E-state index is -1.78. The Hall–Kier alpha value is -1.79. The zero-order valence-electron chi connectivity index (χ0n) is 50.8. The van der Waals surface area contributed by atoms with E-state index in [1.165, 1.54) is 193 Å². The van der Waals surface area contributed by atoms with Gasteiger partial charge in [0, 0.05) is 6.42 Å². The molecule has 1 amide bonds. The van der Waals surface area contributed by atoms with Crippen LogP contribution >= 0.6 is 0 Å². The molecule has 0 aromatic rings. The molecule has 9 N–H and O–H groups in total. The Labute approximate surface area is 487 Å². The molecule has 80 heavy (non-hydrogen) atoms. The largest absolute Gasteiger partial charge is 0.394 e. The normalized spacial score (nSPS) is 24.4. The molecule has 0 aromatic carbocycles. The van der Waals surface area contributed by atoms with Crippen molar-refractivity contribution in [2.24, 2.45) is 0 Å². The number of rotatable bonds is 54. The van der Waals surface area contributed by atoms with E-state index in [0.717, 1.165) is 64.2 Å². The zero-order valence-corrected chi connectivity index (χ0v) is 50.8. The minimum absolute atomic E-state index is 0.204. The third-order valence-corrected chi connectivity index (χ3v) is 16.4. The summed E-state index contributed by atoms with van der Waals surface area (Å²) >= 11 is 0. The fourth-order valence-electron chi connectivity index (χ4n) is 11.0. The van der Waals surface area contributed by atoms with Gasteiger partial charge in [-0.15, -0.1) is 0 Å². The van der Waals surface area contributed by atoms with Gasteiger partial charge in [0.2, 0.25) is 5.91 Å². The molecular formula is C66H123NO13. The molecule has 0 radical (unpaired) electrons. The molecule has 0 bridgehead atoms. The first-order valence-electron chi connectivity index (χ1n) is 33.2. The number of aliphatic hydroxyl groups excluding tert-OH is 8. The zero-order chi connectivity index (χ0) is 58.1. The van der Waals surface area contributed by atoms with Crippen LogP contribution in [0.1, 0.15) is 284 Å². The van der Waals surface area contributed by atoms with E-state index in [-0.39, 0.29) is 12.5 Å². The molecule has 0 aliphatic carbocycles. The molecule has 0 saturated carbocycles. The summed E-state index contributed by atoms with van der Waals surface area (Å²) in [6.45, 7) is 2.88. The summed E-state index contributed by atoms with van der Waals surface area (Å²) in [6.07, 6.45) is 47.2. The van der Waals surface area contributed by atoms with Crippen molar-refractivity contribution in [2.75, 3.05) is 19.8 Å². The highest BCUT2D eigenvalue weighted by molar-refractivity contribution is 5.76. The van der Waals surface area contributed by atoms with Crippen molar-refractivity contribution in [1.82, 2.24) is 5.32 Å². The first-order valence-corrected chi connectivity index (χ1v) is 33.2. The summed E-state index contributed by atoms with van der Waals surface area (Å²) in [5.74, 6) is -0.204. The second kappa shape index (κ2) is 51.6. The lowest BCUT2D eigenvalue weighted by Gasteiger charge is -2.46. The van der Waals surface area contributed by atoms with E-state index in [9.17, 15) is 45.6 Å². The van der Waals surface area contributed by atoms with Crippen LogP contribution in [0, 0.1) is 0 Å². The van der Waals surface area contributed by atoms with Gasteiger partial charge in [0.15, 0.2) is 12.6 Å². The first kappa shape index (κ1) is 74.3. The Morgan fingerprint density at radius 1 is 0.450 bits per heavy atom. The Balaban J connectivity index is 1.67. The van der Waals surface area contributed by atoms with Crippen LogP contribution in [0.3, 0.4) is 0 Å². The summed E-state index contributed by atoms with van der Waals surface area (Å²) in [6, 6.07) is -0.829. The number of aliphatic hydroxyl groups is 8. The lowest BCUT2D eigenvalue weighted by atomic mass is 9.97. The van der Waals surface area contributed by atoms with Crippen LogP contribution in [0.25, 0.3) is 0 Å². The number of carbonyl (C=O) groups is 1. The number of amides is 1. The average molecular weight is 1140 g/mol. The van der Waals surface area contributed by atoms with E-state index < -0.39 is 86.8 Å². The van der Waals surface area contributed by atoms with Crippen LogP contribution < -0.4 is 5.32 Å². The summed E-state index contributed by atoms with van der Waals surface area (Å²) in [5, 5.41) is 87.4. The molecule has 2 fully saturated rings. The number of allylic oxidation sites excluding steroid dienone is 6. The SMILES string of the molecule is CCCCCCC/C=C\C/C=C\C/C=C\CCCCCCCCCCCCCCCCC(=O)NC(COC1OC(CO)C(OC2OC(CO)C(O)C(O)C2O)C(O)C1O)C(O)CCCCCCCCCCCCCCCCCCC. The van der Waals surface area contributed by atoms with Gasteiger partial charge < -0.3 is 65.1 Å². The number of carbonyl (C=O) groups excluding carboxylic acids is 1. The summed E-state index contributed by atoms with van der Waals surface area (Å²) in [4.78, 5) is 13.3. The fourth-order valence-corrected chi connectivity index (χ4v) is 11.0. The summed E-state index contributed by atoms with van der Waals surface area (Å²) < 4.78 is 22.9. The standard InChI is InChI=1S/C66H123NO13/c1-3-5-7-9-11-13-15-17-19-21-22-23-24-25-26-27-28-29-30-31-32-34-36-38-40-42-44-46-48-50-58(71)67-54(55(70)49-47-45-43-41-39-37-35-33-20-18-16-14-12-10-8-6-4-2)53-77-65-63(76)61(74)64(57(52-69)79-65)80-66-62(75)60(73)59(72)56(51-68)78-66/h15,17,21-22,24-25,54-57,59-66,68-70,72-76H,3-14,16,18-20,23,26-53H2,1-2H3,(H,67,71)/b17-15-,22-21-,25-24-. The van der Waals surface area contributed by atoms with E-state index in [1.54, 1.807) is 0 Å². The molecule has 2 saturated heterocycles. The van der Waals surface area contributed by atoms with Gasteiger partial charge in [-0.25, -0.2) is 0 Å². The highest BCUT2D eigenvalue weighted by Crippen LogP contribution is 2.30. The summed E-state index contributed by atoms with van der Waals surface area (Å²) in [5.41, 5.74) is 0. The second-order valence-corrected chi connectivity index (χ2v) is 23.6. The minimum Gasteiger partial charge on any atom is -0.394 e. The number of hydrogen-bond acceptors (Lipinski definition) is 13. The van der Waals surface area contributed by atoms with Crippen molar-refractivity contribution in [2.45, 2.75) is 357 Å². The summed E-state index contributed by atoms with van der Waals surface area (Å²) in [7, 11) is 0. The molecule has 14 nitrogen and oxygen atoms in total. The molecule has 2 rings (SSSR count). The maximum absolute atomic E-state index is 13.3. The lowest BCUT2D eigenvalue weighted by molar-refractivity contribution is -0.359. The smallest absolute Gasteiger partial charge is 0.220 e. The van der Waals surface area contributed by atoms with Crippen molar-refractivity contribution in [3.05, 3.63) is 36.5 Å². The average Bonchev–Trinajstić information content (AvgIpc) is 3.46. The molecule has 2 aliphatic heterocycles. The number of hydrogen-bond donors (Lipinski definition) is 9. The predicted molar refractivity (Wildman–Crippen MR) is 323 cm³/mol. The van der Waals surface area contributed by atoms with Gasteiger partial charge in [-0.3, -0.25) is 4.79 Å². The van der Waals surface area contributed by atoms with E-state index >= 15 is 0 Å². The monoisotopic (exact) mass is 1140 g/mol. The van der Waals surface area contributed by atoms with Crippen LogP contribution in [0.4, 0.5) is 0 Å². The van der Waals surface area contributed by atoms with Gasteiger partial charge in [0.1, 0.15) is 48.8 Å². The Morgan fingerprint density at radius 2 is 0.825 bits per heavy atom. The predicted octanol–water partition coefficient (Wildman–Crippen LogP) is 12.6. The van der Waals surface area contributed by atoms with Crippen molar-refractivity contribution in [1.29, 1.82) is 0 Å². The van der Waals surface area contributed by atoms with E-state index in [4.69, 9.17) is 18.9 Å². The molecule has 2 heterocycles. The molecule has 12 unspecified atom stereocenters. The molecule has 14 heteroatoms. The van der Waals surface area contributed by atoms with Gasteiger partial charge in [0.25, 0.3) is 0 Å². The number of unbranched alkanes of at least 4 members (excludes halogenated alkanes) is 35. The van der Waals surface area contributed by atoms with Crippen molar-refractivity contribution < 1.29 is 64.6 Å². The van der Waals surface area contributed by atoms with Gasteiger partial charge in [0.05, 0.1) is 32.0 Å². The highest BCUT2D eigenvalue weighted by Gasteiger charge is 2.51. The number of nitrogens with one attached hydrogen (secondary N) is 1. The van der Waals surface area contributed by atoms with Crippen LogP contribution in [0.5, 0.6) is 0 Å². The van der Waals surface area contributed by atoms with Crippen LogP contribution in [0.2, 0.25) is 0 Å². The maximum atomic E-state index is 13.3. The maximum Gasteiger partial charge on any atom is 0.220 e. The Bertz CT molecular complexity index is 1480. The van der Waals surface area contributed by atoms with Crippen LogP contribution in [-0.4, -0.2) is 140 Å². The third kappa shape index (κ3) is 36.1. The van der Waals surface area contributed by atoms with E-state index in [2.05, 4.69) is 55.6 Å². The van der Waals surface area contributed by atoms with Gasteiger partial charge >= 0.3 is 0 Å². The van der Waals surface area contributed by atoms with Gasteiger partial charge in [-0.05, 0) is 51.4 Å². The highest BCUT2D eigenvalue weighted by atomic mass is 16.7. The van der Waals surface area contributed by atoms with Crippen molar-refractivity contribution >= 4 is 5.91 Å². The van der Waals surface area contributed by atoms with Crippen molar-refractivity contribution in [3.63, 3.8) is 0 Å².